The van der Waals surface area contributed by atoms with Crippen LogP contribution in [0.2, 0.25) is 0 Å². The van der Waals surface area contributed by atoms with Crippen LogP contribution in [-0.4, -0.2) is 27.2 Å². The number of benzene rings is 2. The van der Waals surface area contributed by atoms with Crippen molar-refractivity contribution >= 4 is 29.3 Å². The van der Waals surface area contributed by atoms with Crippen molar-refractivity contribution in [2.45, 2.75) is 44.9 Å². The molecule has 0 bridgehead atoms. The van der Waals surface area contributed by atoms with Crippen LogP contribution in [0.25, 0.3) is 0 Å². The molecule has 3 aromatic rings. The van der Waals surface area contributed by atoms with Crippen LogP contribution in [-0.2, 0) is 4.79 Å². The lowest BCUT2D eigenvalue weighted by Crippen LogP contribution is -2.16. The zero-order valence-electron chi connectivity index (χ0n) is 18.7. The van der Waals surface area contributed by atoms with E-state index in [1.807, 2.05) is 31.2 Å². The van der Waals surface area contributed by atoms with Crippen LogP contribution in [0, 0.1) is 24.2 Å². The second-order valence-electron chi connectivity index (χ2n) is 8.57. The highest BCUT2D eigenvalue weighted by Crippen LogP contribution is 2.37. The first-order valence-electron chi connectivity index (χ1n) is 11.2. The van der Waals surface area contributed by atoms with Crippen molar-refractivity contribution in [3.8, 4) is 6.07 Å². The van der Waals surface area contributed by atoms with Gasteiger partial charge in [0, 0.05) is 17.8 Å². The predicted molar refractivity (Wildman–Crippen MR) is 125 cm³/mol. The van der Waals surface area contributed by atoms with Crippen LogP contribution < -0.4 is 10.6 Å². The molecule has 1 aromatic heterocycles. The van der Waals surface area contributed by atoms with E-state index in [-0.39, 0.29) is 24.2 Å². The molecular weight excluding hydrogens is 434 g/mol. The molecular formula is C25H25N5O4. The Balaban J connectivity index is 1.32. The van der Waals surface area contributed by atoms with Crippen LogP contribution in [0.5, 0.6) is 0 Å². The van der Waals surface area contributed by atoms with Crippen molar-refractivity contribution in [2.75, 3.05) is 10.6 Å². The maximum Gasteiger partial charge on any atom is 0.320 e. The van der Waals surface area contributed by atoms with E-state index in [9.17, 15) is 9.59 Å². The second kappa shape index (κ2) is 10.2. The molecule has 0 radical (unpaired) electrons. The van der Waals surface area contributed by atoms with Gasteiger partial charge in [0.15, 0.2) is 0 Å². The summed E-state index contributed by atoms with van der Waals surface area (Å²) >= 11 is 0. The number of aryl methyl sites for hydroxylation is 1. The Hall–Kier alpha value is -4.19. The van der Waals surface area contributed by atoms with E-state index in [2.05, 4.69) is 26.9 Å². The number of hydrogen-bond acceptors (Lipinski definition) is 7. The molecule has 0 saturated heterocycles. The molecule has 174 valence electrons. The van der Waals surface area contributed by atoms with Gasteiger partial charge in [-0.05, 0) is 79.8 Å². The molecule has 1 aliphatic rings. The van der Waals surface area contributed by atoms with Crippen molar-refractivity contribution in [1.29, 1.82) is 5.26 Å². The number of anilines is 3. The van der Waals surface area contributed by atoms with E-state index >= 15 is 0 Å². The van der Waals surface area contributed by atoms with Gasteiger partial charge < -0.3 is 20.2 Å². The van der Waals surface area contributed by atoms with Gasteiger partial charge in [0.25, 0.3) is 0 Å². The number of carbonyl (C=O) groups excluding carboxylic acids is 1. The minimum absolute atomic E-state index is 0.0479. The van der Waals surface area contributed by atoms with E-state index in [0.717, 1.165) is 31.2 Å². The Bertz CT molecular complexity index is 1220. The average Bonchev–Trinajstić information content (AvgIpc) is 3.30. The summed E-state index contributed by atoms with van der Waals surface area (Å²) in [6, 6.07) is 15.1. The molecule has 1 saturated carbocycles. The van der Waals surface area contributed by atoms with Gasteiger partial charge in [-0.25, -0.2) is 0 Å². The van der Waals surface area contributed by atoms with Gasteiger partial charge in [-0.15, -0.1) is 5.10 Å². The smallest absolute Gasteiger partial charge is 0.320 e. The molecule has 2 aromatic carbocycles. The number of hydrogen-bond donors (Lipinski definition) is 3. The molecule has 34 heavy (non-hydrogen) atoms. The minimum atomic E-state index is -0.726. The molecule has 3 N–H and O–H groups in total. The van der Waals surface area contributed by atoms with E-state index in [1.54, 1.807) is 18.2 Å². The number of carbonyl (C=O) groups is 2. The molecule has 0 atom stereocenters. The Labute approximate surface area is 196 Å². The number of nitriles is 1. The highest BCUT2D eigenvalue weighted by Gasteiger charge is 2.24. The topological polar surface area (TPSA) is 141 Å². The first kappa shape index (κ1) is 23.0. The minimum Gasteiger partial charge on any atom is -0.481 e. The van der Waals surface area contributed by atoms with E-state index in [4.69, 9.17) is 14.8 Å². The number of rotatable bonds is 7. The van der Waals surface area contributed by atoms with Crippen LogP contribution in [0.15, 0.2) is 46.9 Å². The SMILES string of the molecule is Cc1ccc(Nc2nnc(C(=O)Nc3ccc(C4CCC(CC(=O)O)CC4)cc3)o2)cc1C#N. The molecule has 9 heteroatoms. The van der Waals surface area contributed by atoms with E-state index in [1.165, 1.54) is 5.56 Å². The third-order valence-electron chi connectivity index (χ3n) is 6.18. The number of amides is 1. The van der Waals surface area contributed by atoms with Gasteiger partial charge in [-0.3, -0.25) is 9.59 Å². The highest BCUT2D eigenvalue weighted by atomic mass is 16.4. The molecule has 1 aliphatic carbocycles. The summed E-state index contributed by atoms with van der Waals surface area (Å²) in [5.41, 5.74) is 3.78. The highest BCUT2D eigenvalue weighted by molar-refractivity contribution is 6.00. The third-order valence-corrected chi connectivity index (χ3v) is 6.18. The van der Waals surface area contributed by atoms with E-state index < -0.39 is 11.9 Å². The number of carboxylic acid groups (broad SMARTS) is 1. The summed E-state index contributed by atoms with van der Waals surface area (Å²) in [6.45, 7) is 1.84. The van der Waals surface area contributed by atoms with Crippen molar-refractivity contribution in [3.05, 3.63) is 65.0 Å². The molecule has 1 heterocycles. The monoisotopic (exact) mass is 459 g/mol. The van der Waals surface area contributed by atoms with Crippen molar-refractivity contribution in [3.63, 3.8) is 0 Å². The fraction of sp³-hybridized carbons (Fsp3) is 0.320. The number of aliphatic carboxylic acids is 1. The molecule has 0 spiro atoms. The quantitative estimate of drug-likeness (QED) is 0.448. The maximum absolute atomic E-state index is 12.5. The fourth-order valence-electron chi connectivity index (χ4n) is 4.28. The van der Waals surface area contributed by atoms with Gasteiger partial charge in [0.1, 0.15) is 0 Å². The third kappa shape index (κ3) is 5.59. The average molecular weight is 460 g/mol. The number of nitrogens with one attached hydrogen (secondary N) is 2. The molecule has 4 rings (SSSR count). The van der Waals surface area contributed by atoms with Crippen molar-refractivity contribution < 1.29 is 19.1 Å². The Kier molecular flexibility index (Phi) is 6.87. The lowest BCUT2D eigenvalue weighted by molar-refractivity contribution is -0.138. The van der Waals surface area contributed by atoms with Gasteiger partial charge in [-0.1, -0.05) is 23.3 Å². The summed E-state index contributed by atoms with van der Waals surface area (Å²) < 4.78 is 5.41. The standard InChI is InChI=1S/C25H25N5O4/c1-15-2-9-21(13-19(15)14-26)28-25-30-29-24(34-25)23(33)27-20-10-7-18(8-11-20)17-5-3-16(4-6-17)12-22(31)32/h2,7-11,13,16-17H,3-6,12H2,1H3,(H,27,33)(H,28,30)(H,31,32). The lowest BCUT2D eigenvalue weighted by atomic mass is 9.77. The second-order valence-corrected chi connectivity index (χ2v) is 8.57. The van der Waals surface area contributed by atoms with Crippen molar-refractivity contribution in [2.24, 2.45) is 5.92 Å². The number of aromatic nitrogens is 2. The Morgan fingerprint density at radius 1 is 1.09 bits per heavy atom. The Morgan fingerprint density at radius 2 is 1.79 bits per heavy atom. The summed E-state index contributed by atoms with van der Waals surface area (Å²) in [5, 5.41) is 31.4. The van der Waals surface area contributed by atoms with Crippen LogP contribution >= 0.6 is 0 Å². The molecule has 9 nitrogen and oxygen atoms in total. The first-order valence-corrected chi connectivity index (χ1v) is 11.2. The van der Waals surface area contributed by atoms with Gasteiger partial charge in [0.2, 0.25) is 0 Å². The molecule has 1 fully saturated rings. The normalized spacial score (nSPS) is 17.5. The summed E-state index contributed by atoms with van der Waals surface area (Å²) in [4.78, 5) is 23.4. The number of carboxylic acids is 1. The maximum atomic E-state index is 12.5. The summed E-state index contributed by atoms with van der Waals surface area (Å²) in [5.74, 6) is -0.765. The van der Waals surface area contributed by atoms with Crippen molar-refractivity contribution in [1.82, 2.24) is 10.2 Å². The molecule has 0 unspecified atom stereocenters. The summed E-state index contributed by atoms with van der Waals surface area (Å²) in [7, 11) is 0. The number of nitrogens with zero attached hydrogens (tertiary/aromatic N) is 3. The zero-order valence-corrected chi connectivity index (χ0v) is 18.7. The van der Waals surface area contributed by atoms with Crippen LogP contribution in [0.3, 0.4) is 0 Å². The Morgan fingerprint density at radius 3 is 2.47 bits per heavy atom. The lowest BCUT2D eigenvalue weighted by Gasteiger charge is -2.28. The predicted octanol–water partition coefficient (Wildman–Crippen LogP) is 4.99. The largest absolute Gasteiger partial charge is 0.481 e. The fourth-order valence-corrected chi connectivity index (χ4v) is 4.28. The summed E-state index contributed by atoms with van der Waals surface area (Å²) in [6.07, 6.45) is 4.03. The van der Waals surface area contributed by atoms with Gasteiger partial charge in [0.05, 0.1) is 11.6 Å². The molecule has 1 amide bonds. The first-order chi connectivity index (χ1) is 16.4. The zero-order chi connectivity index (χ0) is 24.1. The molecule has 0 aliphatic heterocycles. The van der Waals surface area contributed by atoms with Gasteiger partial charge in [-0.2, -0.15) is 5.26 Å². The van der Waals surface area contributed by atoms with Crippen LogP contribution in [0.4, 0.5) is 17.4 Å². The van der Waals surface area contributed by atoms with E-state index in [0.29, 0.717) is 22.9 Å². The van der Waals surface area contributed by atoms with Crippen LogP contribution in [0.1, 0.15) is 65.4 Å². The van der Waals surface area contributed by atoms with Gasteiger partial charge >= 0.3 is 23.8 Å².